The lowest BCUT2D eigenvalue weighted by Gasteiger charge is -2.40. The van der Waals surface area contributed by atoms with Gasteiger partial charge in [0, 0.05) is 13.1 Å². The maximum atomic E-state index is 12.6. The van der Waals surface area contributed by atoms with Crippen LogP contribution in [0.5, 0.6) is 0 Å². The van der Waals surface area contributed by atoms with Crippen molar-refractivity contribution < 1.29 is 8.42 Å². The van der Waals surface area contributed by atoms with Gasteiger partial charge in [0.1, 0.15) is 0 Å². The fourth-order valence-corrected chi connectivity index (χ4v) is 5.06. The second-order valence-electron chi connectivity index (χ2n) is 5.77. The van der Waals surface area contributed by atoms with Crippen LogP contribution in [0.15, 0.2) is 35.2 Å². The molecule has 0 spiro atoms. The van der Waals surface area contributed by atoms with E-state index in [1.54, 1.807) is 28.6 Å². The van der Waals surface area contributed by atoms with Gasteiger partial charge in [-0.2, -0.15) is 4.31 Å². The van der Waals surface area contributed by atoms with Gasteiger partial charge >= 0.3 is 0 Å². The van der Waals surface area contributed by atoms with Gasteiger partial charge in [-0.25, -0.2) is 8.42 Å². The molecule has 19 heavy (non-hydrogen) atoms. The Bertz CT molecular complexity index is 526. The van der Waals surface area contributed by atoms with Gasteiger partial charge in [0.2, 0.25) is 10.0 Å². The zero-order chi connectivity index (χ0) is 13.3. The summed E-state index contributed by atoms with van der Waals surface area (Å²) in [5, 5.41) is 0. The van der Waals surface area contributed by atoms with E-state index in [2.05, 4.69) is 0 Å². The minimum atomic E-state index is -3.28. The number of piperidine rings is 1. The van der Waals surface area contributed by atoms with E-state index in [0.717, 1.165) is 18.9 Å². The van der Waals surface area contributed by atoms with Gasteiger partial charge in [-0.1, -0.05) is 37.5 Å². The molecule has 0 aromatic heterocycles. The number of sulfonamides is 1. The van der Waals surface area contributed by atoms with Crippen LogP contribution in [0.2, 0.25) is 0 Å². The molecule has 1 saturated heterocycles. The number of hydrogen-bond acceptors (Lipinski definition) is 2. The van der Waals surface area contributed by atoms with Gasteiger partial charge in [-0.3, -0.25) is 0 Å². The summed E-state index contributed by atoms with van der Waals surface area (Å²) in [4.78, 5) is 0.434. The monoisotopic (exact) mass is 279 g/mol. The highest BCUT2D eigenvalue weighted by Gasteiger charge is 2.36. The van der Waals surface area contributed by atoms with Crippen molar-refractivity contribution in [3.05, 3.63) is 30.3 Å². The number of fused-ring (bicyclic) bond motifs is 1. The van der Waals surface area contributed by atoms with Crippen LogP contribution in [0, 0.1) is 11.8 Å². The van der Waals surface area contributed by atoms with Crippen LogP contribution in [0.4, 0.5) is 0 Å². The highest BCUT2D eigenvalue weighted by molar-refractivity contribution is 7.89. The van der Waals surface area contributed by atoms with E-state index in [1.165, 1.54) is 25.7 Å². The van der Waals surface area contributed by atoms with E-state index in [4.69, 9.17) is 0 Å². The molecule has 1 saturated carbocycles. The minimum Gasteiger partial charge on any atom is -0.207 e. The van der Waals surface area contributed by atoms with Crippen molar-refractivity contribution in [1.82, 2.24) is 4.31 Å². The van der Waals surface area contributed by atoms with Crippen LogP contribution in [0.1, 0.15) is 32.1 Å². The molecule has 0 radical (unpaired) electrons. The molecule has 1 aromatic carbocycles. The largest absolute Gasteiger partial charge is 0.243 e. The molecule has 0 bridgehead atoms. The van der Waals surface area contributed by atoms with Crippen LogP contribution in [-0.4, -0.2) is 25.8 Å². The van der Waals surface area contributed by atoms with Crippen molar-refractivity contribution in [1.29, 1.82) is 0 Å². The lowest BCUT2D eigenvalue weighted by atomic mass is 9.76. The number of rotatable bonds is 2. The molecular weight excluding hydrogens is 258 g/mol. The van der Waals surface area contributed by atoms with Crippen LogP contribution in [0.25, 0.3) is 0 Å². The Hall–Kier alpha value is -0.870. The lowest BCUT2D eigenvalue weighted by Crippen LogP contribution is -2.44. The Labute approximate surface area is 115 Å². The van der Waals surface area contributed by atoms with Gasteiger partial charge in [0.05, 0.1) is 4.90 Å². The molecule has 104 valence electrons. The smallest absolute Gasteiger partial charge is 0.207 e. The van der Waals surface area contributed by atoms with Crippen LogP contribution >= 0.6 is 0 Å². The summed E-state index contributed by atoms with van der Waals surface area (Å²) in [5.74, 6) is 1.34. The van der Waals surface area contributed by atoms with E-state index in [0.29, 0.717) is 17.4 Å². The molecule has 2 aliphatic rings. The first-order chi connectivity index (χ1) is 9.18. The lowest BCUT2D eigenvalue weighted by molar-refractivity contribution is 0.136. The van der Waals surface area contributed by atoms with Crippen molar-refractivity contribution in [2.24, 2.45) is 11.8 Å². The predicted octanol–water partition coefficient (Wildman–Crippen LogP) is 2.89. The molecule has 1 aliphatic heterocycles. The maximum Gasteiger partial charge on any atom is 0.243 e. The average molecular weight is 279 g/mol. The van der Waals surface area contributed by atoms with Gasteiger partial charge in [0.15, 0.2) is 0 Å². The second kappa shape index (κ2) is 5.25. The van der Waals surface area contributed by atoms with E-state index >= 15 is 0 Å². The van der Waals surface area contributed by atoms with Crippen molar-refractivity contribution in [3.63, 3.8) is 0 Å². The molecule has 1 heterocycles. The molecule has 0 N–H and O–H groups in total. The van der Waals surface area contributed by atoms with Gasteiger partial charge in [0.25, 0.3) is 0 Å². The summed E-state index contributed by atoms with van der Waals surface area (Å²) < 4.78 is 26.9. The first-order valence-electron chi connectivity index (χ1n) is 7.23. The predicted molar refractivity (Wildman–Crippen MR) is 75.3 cm³/mol. The maximum absolute atomic E-state index is 12.6. The van der Waals surface area contributed by atoms with E-state index in [-0.39, 0.29) is 0 Å². The van der Waals surface area contributed by atoms with E-state index < -0.39 is 10.0 Å². The Morgan fingerprint density at radius 1 is 0.947 bits per heavy atom. The summed E-state index contributed by atoms with van der Waals surface area (Å²) in [6.45, 7) is 1.42. The third kappa shape index (κ3) is 2.56. The summed E-state index contributed by atoms with van der Waals surface area (Å²) >= 11 is 0. The molecule has 2 fully saturated rings. The summed E-state index contributed by atoms with van der Waals surface area (Å²) in [5.41, 5.74) is 0. The van der Waals surface area contributed by atoms with Gasteiger partial charge in [-0.15, -0.1) is 0 Å². The fourth-order valence-electron chi connectivity index (χ4n) is 3.53. The Balaban J connectivity index is 1.79. The Kier molecular flexibility index (Phi) is 3.63. The molecule has 4 heteroatoms. The standard InChI is InChI=1S/C15H21NO2S/c17-19(18,15-8-2-1-3-9-15)16-11-10-13-6-4-5-7-14(13)12-16/h1-3,8-9,13-14H,4-7,10-12H2. The highest BCUT2D eigenvalue weighted by atomic mass is 32.2. The quantitative estimate of drug-likeness (QED) is 0.835. The zero-order valence-corrected chi connectivity index (χ0v) is 12.0. The number of nitrogens with zero attached hydrogens (tertiary/aromatic N) is 1. The van der Waals surface area contributed by atoms with Crippen molar-refractivity contribution >= 4 is 10.0 Å². The molecule has 1 aromatic rings. The van der Waals surface area contributed by atoms with Crippen molar-refractivity contribution in [3.8, 4) is 0 Å². The Morgan fingerprint density at radius 2 is 1.63 bits per heavy atom. The highest BCUT2D eigenvalue weighted by Crippen LogP contribution is 2.37. The summed E-state index contributed by atoms with van der Waals surface area (Å²) in [7, 11) is -3.28. The first kappa shape index (κ1) is 13.1. The van der Waals surface area contributed by atoms with Gasteiger partial charge in [-0.05, 0) is 36.8 Å². The molecule has 1 aliphatic carbocycles. The summed E-state index contributed by atoms with van der Waals surface area (Å²) in [6.07, 6.45) is 6.12. The number of benzene rings is 1. The normalized spacial score (nSPS) is 28.8. The topological polar surface area (TPSA) is 37.4 Å². The minimum absolute atomic E-state index is 0.434. The van der Waals surface area contributed by atoms with Crippen molar-refractivity contribution in [2.75, 3.05) is 13.1 Å². The third-order valence-electron chi connectivity index (χ3n) is 4.63. The van der Waals surface area contributed by atoms with E-state index in [9.17, 15) is 8.42 Å². The molecular formula is C15H21NO2S. The zero-order valence-electron chi connectivity index (χ0n) is 11.2. The molecule has 2 unspecified atom stereocenters. The fraction of sp³-hybridized carbons (Fsp3) is 0.600. The SMILES string of the molecule is O=S(=O)(c1ccccc1)N1CCC2CCCCC2C1. The molecule has 3 nitrogen and oxygen atoms in total. The Morgan fingerprint density at radius 3 is 2.37 bits per heavy atom. The van der Waals surface area contributed by atoms with Crippen LogP contribution in [-0.2, 0) is 10.0 Å². The van der Waals surface area contributed by atoms with Crippen LogP contribution in [0.3, 0.4) is 0 Å². The molecule has 0 amide bonds. The third-order valence-corrected chi connectivity index (χ3v) is 6.51. The summed E-state index contributed by atoms with van der Waals surface area (Å²) in [6, 6.07) is 8.83. The average Bonchev–Trinajstić information content (AvgIpc) is 2.47. The van der Waals surface area contributed by atoms with Crippen LogP contribution < -0.4 is 0 Å². The van der Waals surface area contributed by atoms with E-state index in [1.807, 2.05) is 6.07 Å². The second-order valence-corrected chi connectivity index (χ2v) is 7.71. The number of hydrogen-bond donors (Lipinski definition) is 0. The molecule has 3 rings (SSSR count). The van der Waals surface area contributed by atoms with Crippen molar-refractivity contribution in [2.45, 2.75) is 37.0 Å². The molecule has 2 atom stereocenters. The van der Waals surface area contributed by atoms with Gasteiger partial charge < -0.3 is 0 Å². The first-order valence-corrected chi connectivity index (χ1v) is 8.67.